The molecule has 0 aliphatic heterocycles. The van der Waals surface area contributed by atoms with Gasteiger partial charge in [0.15, 0.2) is 0 Å². The van der Waals surface area contributed by atoms with Crippen LogP contribution in [0.4, 0.5) is 0 Å². The molecular formula is C14H16O6. The Morgan fingerprint density at radius 2 is 1.80 bits per heavy atom. The van der Waals surface area contributed by atoms with E-state index in [4.69, 9.17) is 4.74 Å². The van der Waals surface area contributed by atoms with Gasteiger partial charge in [0.1, 0.15) is 5.41 Å². The molecule has 2 N–H and O–H groups in total. The molecular weight excluding hydrogens is 264 g/mol. The molecule has 0 amide bonds. The van der Waals surface area contributed by atoms with Gasteiger partial charge in [0.25, 0.3) is 0 Å². The summed E-state index contributed by atoms with van der Waals surface area (Å²) in [7, 11) is 0. The smallest absolute Gasteiger partial charge is 0.353 e. The maximum atomic E-state index is 11.7. The minimum Gasteiger partial charge on any atom is -0.480 e. The zero-order valence-corrected chi connectivity index (χ0v) is 11.0. The zero-order chi connectivity index (χ0) is 15.4. The van der Waals surface area contributed by atoms with Crippen LogP contribution in [0.1, 0.15) is 19.8 Å². The van der Waals surface area contributed by atoms with E-state index in [9.17, 15) is 24.6 Å². The summed E-state index contributed by atoms with van der Waals surface area (Å²) in [6.45, 7) is 4.92. The topological polar surface area (TPSA) is 101 Å². The van der Waals surface area contributed by atoms with Crippen LogP contribution in [0.25, 0.3) is 0 Å². The summed E-state index contributed by atoms with van der Waals surface area (Å²) in [5, 5.41) is 19.0. The number of carbonyl (C=O) groups excluding carboxylic acids is 1. The first-order valence-electron chi connectivity index (χ1n) is 6.05. The van der Waals surface area contributed by atoms with Crippen molar-refractivity contribution >= 4 is 17.9 Å². The van der Waals surface area contributed by atoms with Crippen molar-refractivity contribution in [3.05, 3.63) is 37.0 Å². The lowest BCUT2D eigenvalue weighted by Crippen LogP contribution is -2.59. The van der Waals surface area contributed by atoms with Gasteiger partial charge in [0, 0.05) is 6.08 Å². The van der Waals surface area contributed by atoms with E-state index in [0.29, 0.717) is 6.42 Å². The molecule has 6 nitrogen and oxygen atoms in total. The highest BCUT2D eigenvalue weighted by Crippen LogP contribution is 2.44. The molecule has 0 saturated carbocycles. The molecule has 108 valence electrons. The second-order valence-corrected chi connectivity index (χ2v) is 4.41. The summed E-state index contributed by atoms with van der Waals surface area (Å²) in [5.74, 6) is -3.89. The molecule has 1 rings (SSSR count). The molecule has 0 aromatic heterocycles. The minimum absolute atomic E-state index is 0.0138. The van der Waals surface area contributed by atoms with Crippen LogP contribution in [0.2, 0.25) is 0 Å². The van der Waals surface area contributed by atoms with Crippen LogP contribution < -0.4 is 0 Å². The number of carbonyl (C=O) groups is 3. The summed E-state index contributed by atoms with van der Waals surface area (Å²) < 4.78 is 4.94. The Morgan fingerprint density at radius 3 is 2.25 bits per heavy atom. The first-order chi connectivity index (χ1) is 9.36. The lowest BCUT2D eigenvalue weighted by molar-refractivity contribution is -0.189. The van der Waals surface area contributed by atoms with E-state index >= 15 is 0 Å². The maximum absolute atomic E-state index is 11.7. The number of carboxylic acids is 2. The van der Waals surface area contributed by atoms with Crippen molar-refractivity contribution in [2.24, 2.45) is 5.41 Å². The molecule has 0 radical (unpaired) electrons. The third-order valence-electron chi connectivity index (χ3n) is 3.26. The summed E-state index contributed by atoms with van der Waals surface area (Å²) in [4.78, 5) is 34.8. The van der Waals surface area contributed by atoms with Gasteiger partial charge in [-0.1, -0.05) is 38.2 Å². The summed E-state index contributed by atoms with van der Waals surface area (Å²) in [6.07, 6.45) is 6.35. The van der Waals surface area contributed by atoms with Gasteiger partial charge in [-0.3, -0.25) is 4.79 Å². The quantitative estimate of drug-likeness (QED) is 0.565. The molecule has 2 atom stereocenters. The Bertz CT molecular complexity index is 504. The molecule has 1 aliphatic carbocycles. The molecule has 0 spiro atoms. The fourth-order valence-electron chi connectivity index (χ4n) is 2.32. The van der Waals surface area contributed by atoms with Crippen molar-refractivity contribution in [1.29, 1.82) is 0 Å². The highest BCUT2D eigenvalue weighted by atomic mass is 16.6. The highest BCUT2D eigenvalue weighted by Gasteiger charge is 2.62. The molecule has 6 heteroatoms. The largest absolute Gasteiger partial charge is 0.480 e. The van der Waals surface area contributed by atoms with E-state index in [0.717, 1.165) is 12.2 Å². The Morgan fingerprint density at radius 1 is 1.20 bits per heavy atom. The van der Waals surface area contributed by atoms with Crippen molar-refractivity contribution < 1.29 is 29.3 Å². The molecule has 0 aromatic rings. The van der Waals surface area contributed by atoms with Crippen molar-refractivity contribution in [3.63, 3.8) is 0 Å². The van der Waals surface area contributed by atoms with Crippen LogP contribution in [-0.2, 0) is 19.1 Å². The monoisotopic (exact) mass is 280 g/mol. The number of carboxylic acid groups (broad SMARTS) is 2. The fourth-order valence-corrected chi connectivity index (χ4v) is 2.32. The second-order valence-electron chi connectivity index (χ2n) is 4.41. The molecule has 2 unspecified atom stereocenters. The van der Waals surface area contributed by atoms with Gasteiger partial charge in [-0.25, -0.2) is 9.59 Å². The third kappa shape index (κ3) is 2.24. The van der Waals surface area contributed by atoms with Crippen molar-refractivity contribution in [1.82, 2.24) is 0 Å². The molecule has 0 bridgehead atoms. The SMILES string of the molecule is C=CC(=O)OC1(C(=O)O)C=CC=CC1(CCC)C(=O)O. The van der Waals surface area contributed by atoms with Gasteiger partial charge < -0.3 is 14.9 Å². The van der Waals surface area contributed by atoms with Crippen LogP contribution >= 0.6 is 0 Å². The molecule has 0 heterocycles. The Kier molecular flexibility index (Phi) is 4.49. The normalized spacial score (nSPS) is 27.9. The van der Waals surface area contributed by atoms with Crippen molar-refractivity contribution in [3.8, 4) is 0 Å². The Balaban J connectivity index is 3.50. The number of ether oxygens (including phenoxy) is 1. The Labute approximate surface area is 116 Å². The number of allylic oxidation sites excluding steroid dienone is 2. The van der Waals surface area contributed by atoms with E-state index in [-0.39, 0.29) is 6.42 Å². The predicted octanol–water partition coefficient (Wildman–Crippen LogP) is 1.54. The summed E-state index contributed by atoms with van der Waals surface area (Å²) in [6, 6.07) is 0. The van der Waals surface area contributed by atoms with E-state index in [2.05, 4.69) is 6.58 Å². The average molecular weight is 280 g/mol. The Hall–Kier alpha value is -2.37. The fraction of sp³-hybridized carbons (Fsp3) is 0.357. The van der Waals surface area contributed by atoms with Crippen LogP contribution in [0.3, 0.4) is 0 Å². The molecule has 0 saturated heterocycles. The van der Waals surface area contributed by atoms with E-state index in [1.54, 1.807) is 6.92 Å². The number of aliphatic carboxylic acids is 2. The first kappa shape index (κ1) is 15.7. The number of esters is 1. The van der Waals surface area contributed by atoms with Gasteiger partial charge in [-0.05, 0) is 12.5 Å². The molecule has 0 fully saturated rings. The lowest BCUT2D eigenvalue weighted by Gasteiger charge is -2.41. The molecule has 20 heavy (non-hydrogen) atoms. The minimum atomic E-state index is -2.28. The van der Waals surface area contributed by atoms with Gasteiger partial charge in [-0.2, -0.15) is 0 Å². The number of rotatable bonds is 6. The van der Waals surface area contributed by atoms with Gasteiger partial charge in [0.05, 0.1) is 0 Å². The van der Waals surface area contributed by atoms with E-state index in [1.807, 2.05) is 0 Å². The van der Waals surface area contributed by atoms with E-state index in [1.165, 1.54) is 18.2 Å². The van der Waals surface area contributed by atoms with Gasteiger partial charge >= 0.3 is 17.9 Å². The molecule has 1 aliphatic rings. The highest BCUT2D eigenvalue weighted by molar-refractivity contribution is 5.96. The third-order valence-corrected chi connectivity index (χ3v) is 3.26. The van der Waals surface area contributed by atoms with Crippen molar-refractivity contribution in [2.75, 3.05) is 0 Å². The summed E-state index contributed by atoms with van der Waals surface area (Å²) in [5.41, 5.74) is -4.13. The average Bonchev–Trinajstić information content (AvgIpc) is 2.40. The standard InChI is InChI=1S/C14H16O6/c1-3-7-13(11(16)17)8-5-6-9-14(13,12(18)19)20-10(15)4-2/h4-6,8-9H,2-3,7H2,1H3,(H,16,17)(H,18,19). The summed E-state index contributed by atoms with van der Waals surface area (Å²) >= 11 is 0. The van der Waals surface area contributed by atoms with Gasteiger partial charge in [0.2, 0.25) is 5.60 Å². The number of hydrogen-bond acceptors (Lipinski definition) is 4. The predicted molar refractivity (Wildman–Crippen MR) is 69.9 cm³/mol. The van der Waals surface area contributed by atoms with Crippen LogP contribution in [0.15, 0.2) is 37.0 Å². The maximum Gasteiger partial charge on any atom is 0.353 e. The van der Waals surface area contributed by atoms with Crippen LogP contribution in [0, 0.1) is 5.41 Å². The van der Waals surface area contributed by atoms with Crippen molar-refractivity contribution in [2.45, 2.75) is 25.4 Å². The zero-order valence-electron chi connectivity index (χ0n) is 11.0. The molecule has 0 aromatic carbocycles. The van der Waals surface area contributed by atoms with Crippen LogP contribution in [-0.4, -0.2) is 33.7 Å². The number of hydrogen-bond donors (Lipinski definition) is 2. The van der Waals surface area contributed by atoms with E-state index < -0.39 is 28.9 Å². The second kappa shape index (κ2) is 5.73. The first-order valence-corrected chi connectivity index (χ1v) is 6.05. The van der Waals surface area contributed by atoms with Crippen LogP contribution in [0.5, 0.6) is 0 Å². The van der Waals surface area contributed by atoms with Gasteiger partial charge in [-0.15, -0.1) is 0 Å². The lowest BCUT2D eigenvalue weighted by atomic mass is 9.66.